The number of pyridine rings is 1. The van der Waals surface area contributed by atoms with E-state index in [1.54, 1.807) is 25.3 Å². The lowest BCUT2D eigenvalue weighted by atomic mass is 9.99. The average Bonchev–Trinajstić information content (AvgIpc) is 2.89. The van der Waals surface area contributed by atoms with E-state index in [4.69, 9.17) is 32.9 Å². The number of nitrogens with one attached hydrogen (secondary N) is 1. The second kappa shape index (κ2) is 11.3. The smallest absolute Gasteiger partial charge is 0.234 e. The van der Waals surface area contributed by atoms with Crippen LogP contribution in [0.15, 0.2) is 83.9 Å². The highest BCUT2D eigenvalue weighted by molar-refractivity contribution is 8.00. The van der Waals surface area contributed by atoms with Gasteiger partial charge in [0.1, 0.15) is 16.8 Å². The number of hydrogen-bond donors (Lipinski definition) is 1. The highest BCUT2D eigenvalue weighted by Gasteiger charge is 2.17. The first-order chi connectivity index (χ1) is 17.0. The van der Waals surface area contributed by atoms with E-state index in [0.29, 0.717) is 32.0 Å². The molecule has 0 atom stereocenters. The Morgan fingerprint density at radius 3 is 2.40 bits per heavy atom. The Hall–Kier alpha value is -3.50. The van der Waals surface area contributed by atoms with Crippen LogP contribution in [0.25, 0.3) is 22.4 Å². The Kier molecular flexibility index (Phi) is 7.94. The third-order valence-corrected chi connectivity index (χ3v) is 6.83. The highest BCUT2D eigenvalue weighted by Crippen LogP contribution is 2.34. The Balaban J connectivity index is 1.66. The predicted molar refractivity (Wildman–Crippen MR) is 142 cm³/mol. The van der Waals surface area contributed by atoms with Gasteiger partial charge in [0, 0.05) is 16.8 Å². The molecule has 0 bridgehead atoms. The molecule has 0 saturated carbocycles. The average molecular weight is 520 g/mol. The van der Waals surface area contributed by atoms with Crippen LogP contribution in [0.5, 0.6) is 5.75 Å². The van der Waals surface area contributed by atoms with Crippen LogP contribution in [0, 0.1) is 11.3 Å². The lowest BCUT2D eigenvalue weighted by molar-refractivity contribution is -0.113. The second-order valence-electron chi connectivity index (χ2n) is 7.41. The maximum Gasteiger partial charge on any atom is 0.234 e. The largest absolute Gasteiger partial charge is 0.497 e. The number of amides is 1. The summed E-state index contributed by atoms with van der Waals surface area (Å²) in [5.74, 6) is 0.539. The number of methoxy groups -OCH3 is 1. The maximum absolute atomic E-state index is 12.6. The molecular weight excluding hydrogens is 501 g/mol. The van der Waals surface area contributed by atoms with Crippen LogP contribution >= 0.6 is 35.0 Å². The number of carbonyl (C=O) groups excluding carboxylic acids is 1. The molecule has 35 heavy (non-hydrogen) atoms. The number of benzene rings is 3. The molecule has 1 amide bonds. The molecule has 4 aromatic rings. The fourth-order valence-corrected chi connectivity index (χ4v) is 4.49. The number of nitrogens with zero attached hydrogens (tertiary/aromatic N) is 2. The van der Waals surface area contributed by atoms with Crippen molar-refractivity contribution in [1.29, 1.82) is 5.26 Å². The maximum atomic E-state index is 12.6. The summed E-state index contributed by atoms with van der Waals surface area (Å²) in [5.41, 5.74) is 4.16. The molecule has 5 nitrogen and oxygen atoms in total. The molecule has 0 radical (unpaired) electrons. The summed E-state index contributed by atoms with van der Waals surface area (Å²) in [6, 6.07) is 26.2. The molecule has 3 aromatic carbocycles. The molecule has 0 spiro atoms. The minimum absolute atomic E-state index is 0.0578. The van der Waals surface area contributed by atoms with E-state index in [9.17, 15) is 10.1 Å². The van der Waals surface area contributed by atoms with E-state index < -0.39 is 0 Å². The number of hydrogen-bond acceptors (Lipinski definition) is 5. The number of anilines is 1. The SMILES string of the molecule is COc1ccc(-c2cc(-c3ccccc3)c(C#N)c(SCC(=O)Nc3ccc(Cl)c(Cl)c3)n2)cc1. The standard InChI is InChI=1S/C27H19Cl2N3O2S/c1-34-20-10-7-18(8-11-20)25-14-21(17-5-3-2-4-6-17)22(15-30)27(32-25)35-16-26(33)31-19-9-12-23(28)24(29)13-19/h2-14H,16H2,1H3,(H,31,33). The fraction of sp³-hybridized carbons (Fsp3) is 0.0741. The molecule has 0 aliphatic rings. The lowest BCUT2D eigenvalue weighted by Gasteiger charge is -2.13. The zero-order valence-electron chi connectivity index (χ0n) is 18.6. The van der Waals surface area contributed by atoms with Gasteiger partial charge in [-0.2, -0.15) is 5.26 Å². The summed E-state index contributed by atoms with van der Waals surface area (Å²) >= 11 is 13.2. The fourth-order valence-electron chi connectivity index (χ4n) is 3.39. The van der Waals surface area contributed by atoms with Crippen molar-refractivity contribution in [1.82, 2.24) is 4.98 Å². The zero-order valence-corrected chi connectivity index (χ0v) is 20.9. The first-order valence-corrected chi connectivity index (χ1v) is 12.3. The minimum Gasteiger partial charge on any atom is -0.497 e. The van der Waals surface area contributed by atoms with Crippen LogP contribution in [0.3, 0.4) is 0 Å². The highest BCUT2D eigenvalue weighted by atomic mass is 35.5. The summed E-state index contributed by atoms with van der Waals surface area (Å²) in [5, 5.41) is 14.0. The van der Waals surface area contributed by atoms with Gasteiger partial charge in [0.05, 0.1) is 34.2 Å². The van der Waals surface area contributed by atoms with E-state index in [0.717, 1.165) is 22.4 Å². The van der Waals surface area contributed by atoms with Crippen LogP contribution < -0.4 is 10.1 Å². The third kappa shape index (κ3) is 5.95. The van der Waals surface area contributed by atoms with Crippen molar-refractivity contribution in [2.75, 3.05) is 18.2 Å². The molecular formula is C27H19Cl2N3O2S. The van der Waals surface area contributed by atoms with Crippen LogP contribution in [0.2, 0.25) is 10.0 Å². The van der Waals surface area contributed by atoms with Gasteiger partial charge in [-0.15, -0.1) is 0 Å². The van der Waals surface area contributed by atoms with Crippen molar-refractivity contribution in [2.45, 2.75) is 5.03 Å². The molecule has 0 fully saturated rings. The van der Waals surface area contributed by atoms with Crippen LogP contribution in [0.1, 0.15) is 5.56 Å². The van der Waals surface area contributed by atoms with Gasteiger partial charge < -0.3 is 10.1 Å². The van der Waals surface area contributed by atoms with Crippen LogP contribution in [-0.2, 0) is 4.79 Å². The second-order valence-corrected chi connectivity index (χ2v) is 9.19. The molecule has 0 aliphatic heterocycles. The summed E-state index contributed by atoms with van der Waals surface area (Å²) in [4.78, 5) is 17.4. The number of ether oxygens (including phenoxy) is 1. The van der Waals surface area contributed by atoms with Crippen molar-refractivity contribution < 1.29 is 9.53 Å². The van der Waals surface area contributed by atoms with Gasteiger partial charge in [-0.3, -0.25) is 4.79 Å². The predicted octanol–water partition coefficient (Wildman–Crippen LogP) is 7.33. The monoisotopic (exact) mass is 519 g/mol. The minimum atomic E-state index is -0.254. The topological polar surface area (TPSA) is 75.0 Å². The molecule has 0 unspecified atom stereocenters. The summed E-state index contributed by atoms with van der Waals surface area (Å²) < 4.78 is 5.26. The van der Waals surface area contributed by atoms with Gasteiger partial charge >= 0.3 is 0 Å². The molecule has 8 heteroatoms. The summed E-state index contributed by atoms with van der Waals surface area (Å²) in [7, 11) is 1.61. The van der Waals surface area contributed by atoms with E-state index in [1.165, 1.54) is 11.8 Å². The van der Waals surface area contributed by atoms with E-state index >= 15 is 0 Å². The Morgan fingerprint density at radius 1 is 1.00 bits per heavy atom. The molecule has 1 heterocycles. The van der Waals surface area contributed by atoms with E-state index in [2.05, 4.69) is 11.4 Å². The Morgan fingerprint density at radius 2 is 1.74 bits per heavy atom. The number of rotatable bonds is 7. The summed E-state index contributed by atoms with van der Waals surface area (Å²) in [6.07, 6.45) is 0. The Labute approximate surface area is 217 Å². The number of thioether (sulfide) groups is 1. The molecule has 0 saturated heterocycles. The number of halogens is 2. The van der Waals surface area contributed by atoms with Gasteiger partial charge in [0.2, 0.25) is 5.91 Å². The van der Waals surface area contributed by atoms with Crippen molar-refractivity contribution in [3.8, 4) is 34.2 Å². The normalized spacial score (nSPS) is 10.5. The lowest BCUT2D eigenvalue weighted by Crippen LogP contribution is -2.14. The van der Waals surface area contributed by atoms with Gasteiger partial charge in [-0.05, 0) is 54.1 Å². The number of carbonyl (C=O) groups is 1. The van der Waals surface area contributed by atoms with Gasteiger partial charge in [-0.1, -0.05) is 65.3 Å². The first-order valence-electron chi connectivity index (χ1n) is 10.5. The van der Waals surface area contributed by atoms with E-state index in [1.807, 2.05) is 60.7 Å². The van der Waals surface area contributed by atoms with Crippen molar-refractivity contribution in [2.24, 2.45) is 0 Å². The Bertz CT molecular complexity index is 1400. The molecule has 1 aromatic heterocycles. The van der Waals surface area contributed by atoms with Crippen LogP contribution in [-0.4, -0.2) is 23.8 Å². The molecule has 174 valence electrons. The van der Waals surface area contributed by atoms with Gasteiger partial charge in [0.25, 0.3) is 0 Å². The molecule has 4 rings (SSSR count). The van der Waals surface area contributed by atoms with Gasteiger partial charge in [-0.25, -0.2) is 4.98 Å². The third-order valence-electron chi connectivity index (χ3n) is 5.11. The molecule has 0 aliphatic carbocycles. The van der Waals surface area contributed by atoms with Crippen LogP contribution in [0.4, 0.5) is 5.69 Å². The number of nitriles is 1. The van der Waals surface area contributed by atoms with Gasteiger partial charge in [0.15, 0.2) is 0 Å². The van der Waals surface area contributed by atoms with Crippen molar-refractivity contribution in [3.05, 3.63) is 94.5 Å². The molecule has 1 N–H and O–H groups in total. The summed E-state index contributed by atoms with van der Waals surface area (Å²) in [6.45, 7) is 0. The van der Waals surface area contributed by atoms with Crippen molar-refractivity contribution >= 4 is 46.6 Å². The zero-order chi connectivity index (χ0) is 24.8. The van der Waals surface area contributed by atoms with Crippen molar-refractivity contribution in [3.63, 3.8) is 0 Å². The van der Waals surface area contributed by atoms with E-state index in [-0.39, 0.29) is 11.7 Å². The number of aromatic nitrogens is 1. The quantitative estimate of drug-likeness (QED) is 0.258. The first kappa shape index (κ1) is 24.6.